The van der Waals surface area contributed by atoms with Gasteiger partial charge in [-0.2, -0.15) is 43.2 Å². The molecule has 0 saturated heterocycles. The van der Waals surface area contributed by atoms with Crippen molar-refractivity contribution in [2.45, 2.75) is 24.2 Å². The summed E-state index contributed by atoms with van der Waals surface area (Å²) in [5.74, 6) is -1.04. The number of alkyl halides is 6. The summed E-state index contributed by atoms with van der Waals surface area (Å²) in [4.78, 5) is 0. The topological polar surface area (TPSA) is 38.0 Å². The molecule has 0 amide bonds. The van der Waals surface area contributed by atoms with Crippen LogP contribution in [0.25, 0.3) is 0 Å². The highest BCUT2D eigenvalue weighted by molar-refractivity contribution is 7.98. The Balaban J connectivity index is 2.65. The Morgan fingerprint density at radius 1 is 1.32 bits per heavy atom. The number of hydrogen-bond acceptors (Lipinski definition) is 3. The molecule has 0 unspecified atom stereocenters. The van der Waals surface area contributed by atoms with E-state index in [1.807, 2.05) is 0 Å². The summed E-state index contributed by atoms with van der Waals surface area (Å²) in [7, 11) is 1.10. The van der Waals surface area contributed by atoms with Crippen molar-refractivity contribution in [3.8, 4) is 0 Å². The van der Waals surface area contributed by atoms with E-state index in [4.69, 9.17) is 5.11 Å². The van der Waals surface area contributed by atoms with E-state index in [-0.39, 0.29) is 11.3 Å². The third-order valence-corrected chi connectivity index (χ3v) is 3.26. The lowest BCUT2D eigenvalue weighted by Crippen LogP contribution is -2.30. The predicted octanol–water partition coefficient (Wildman–Crippen LogP) is 2.60. The number of aromatic nitrogens is 2. The molecule has 0 bridgehead atoms. The molecule has 1 N–H and O–H groups in total. The first-order chi connectivity index (χ1) is 8.53. The molecule has 0 aliphatic carbocycles. The van der Waals surface area contributed by atoms with Gasteiger partial charge in [0.05, 0.1) is 6.20 Å². The first kappa shape index (κ1) is 16.2. The number of hydrogen-bond donors (Lipinski definition) is 1. The molecule has 1 rings (SSSR count). The molecule has 1 atom stereocenters. The van der Waals surface area contributed by atoms with Crippen LogP contribution >= 0.6 is 11.8 Å². The van der Waals surface area contributed by atoms with Gasteiger partial charge < -0.3 is 5.11 Å². The first-order valence-corrected chi connectivity index (χ1v) is 6.09. The third-order valence-electron chi connectivity index (χ3n) is 2.19. The van der Waals surface area contributed by atoms with Gasteiger partial charge in [0, 0.05) is 24.1 Å². The van der Waals surface area contributed by atoms with Crippen LogP contribution in [0.2, 0.25) is 0 Å². The smallest absolute Gasteiger partial charge is 0.383 e. The summed E-state index contributed by atoms with van der Waals surface area (Å²) in [6.07, 6.45) is -11.0. The lowest BCUT2D eigenvalue weighted by molar-refractivity contribution is -0.195. The van der Waals surface area contributed by atoms with Gasteiger partial charge in [0.15, 0.2) is 6.10 Å². The summed E-state index contributed by atoms with van der Waals surface area (Å²) in [5, 5.41) is 12.1. The summed E-state index contributed by atoms with van der Waals surface area (Å²) in [6.45, 7) is 0. The molecule has 0 aliphatic rings. The van der Waals surface area contributed by atoms with Crippen molar-refractivity contribution in [3.05, 3.63) is 17.5 Å². The molecular weight excluding hydrogens is 298 g/mol. The second-order valence-electron chi connectivity index (χ2n) is 3.71. The van der Waals surface area contributed by atoms with E-state index in [1.165, 1.54) is 0 Å². The van der Waals surface area contributed by atoms with Gasteiger partial charge in [-0.05, 0) is 0 Å². The SMILES string of the molecule is Cn1ncc(CSC[C@@H](O)C(F)(F)F)c1C(F)(F)F. The molecule has 19 heavy (non-hydrogen) atoms. The molecule has 0 aliphatic heterocycles. The summed E-state index contributed by atoms with van der Waals surface area (Å²) >= 11 is 0.562. The Labute approximate surface area is 108 Å². The van der Waals surface area contributed by atoms with Gasteiger partial charge in [0.2, 0.25) is 0 Å². The fourth-order valence-electron chi connectivity index (χ4n) is 1.33. The van der Waals surface area contributed by atoms with Crippen molar-refractivity contribution in [1.82, 2.24) is 9.78 Å². The van der Waals surface area contributed by atoms with Gasteiger partial charge in [-0.3, -0.25) is 4.68 Å². The van der Waals surface area contributed by atoms with Crippen molar-refractivity contribution in [2.24, 2.45) is 7.05 Å². The van der Waals surface area contributed by atoms with Crippen molar-refractivity contribution in [3.63, 3.8) is 0 Å². The lowest BCUT2D eigenvalue weighted by atomic mass is 10.3. The maximum atomic E-state index is 12.6. The van der Waals surface area contributed by atoms with E-state index in [0.29, 0.717) is 16.4 Å². The molecule has 0 aromatic carbocycles. The Hall–Kier alpha value is -0.900. The number of nitrogens with zero attached hydrogens (tertiary/aromatic N) is 2. The second-order valence-corrected chi connectivity index (χ2v) is 4.74. The van der Waals surface area contributed by atoms with Crippen LogP contribution in [0.3, 0.4) is 0 Å². The van der Waals surface area contributed by atoms with E-state index in [0.717, 1.165) is 13.2 Å². The number of aryl methyl sites for hydroxylation is 1. The van der Waals surface area contributed by atoms with Crippen LogP contribution in [0.5, 0.6) is 0 Å². The third kappa shape index (κ3) is 4.30. The number of rotatable bonds is 4. The number of halogens is 6. The van der Waals surface area contributed by atoms with Crippen LogP contribution in [0.1, 0.15) is 11.3 Å². The van der Waals surface area contributed by atoms with Gasteiger partial charge in [-0.1, -0.05) is 0 Å². The predicted molar refractivity (Wildman–Crippen MR) is 56.4 cm³/mol. The molecule has 0 saturated carbocycles. The minimum absolute atomic E-state index is 0.214. The highest BCUT2D eigenvalue weighted by atomic mass is 32.2. The molecular formula is C9H10F6N2OS. The molecule has 0 radical (unpaired) electrons. The zero-order chi connectivity index (χ0) is 14.8. The maximum Gasteiger partial charge on any atom is 0.433 e. The van der Waals surface area contributed by atoms with Gasteiger partial charge in [0.1, 0.15) is 5.69 Å². The van der Waals surface area contributed by atoms with Crippen LogP contribution in [-0.2, 0) is 19.0 Å². The van der Waals surface area contributed by atoms with Gasteiger partial charge in [-0.15, -0.1) is 0 Å². The fraction of sp³-hybridized carbons (Fsp3) is 0.667. The Bertz CT molecular complexity index is 427. The Morgan fingerprint density at radius 2 is 1.89 bits per heavy atom. The van der Waals surface area contributed by atoms with Crippen LogP contribution < -0.4 is 0 Å². The van der Waals surface area contributed by atoms with Crippen LogP contribution in [0.4, 0.5) is 26.3 Å². The number of aliphatic hydroxyl groups excluding tert-OH is 1. The highest BCUT2D eigenvalue weighted by Gasteiger charge is 2.39. The van der Waals surface area contributed by atoms with E-state index < -0.39 is 29.9 Å². The van der Waals surface area contributed by atoms with Crippen LogP contribution in [-0.4, -0.2) is 32.9 Å². The Morgan fingerprint density at radius 3 is 2.37 bits per heavy atom. The molecule has 10 heteroatoms. The average Bonchev–Trinajstić information content (AvgIpc) is 2.57. The van der Waals surface area contributed by atoms with E-state index in [2.05, 4.69) is 5.10 Å². The fourth-order valence-corrected chi connectivity index (χ4v) is 2.29. The van der Waals surface area contributed by atoms with Crippen LogP contribution in [0.15, 0.2) is 6.20 Å². The summed E-state index contributed by atoms with van der Waals surface area (Å²) in [5.41, 5.74) is -1.21. The summed E-state index contributed by atoms with van der Waals surface area (Å²) in [6, 6.07) is 0. The molecule has 3 nitrogen and oxygen atoms in total. The van der Waals surface area contributed by atoms with Gasteiger partial charge in [0.25, 0.3) is 0 Å². The highest BCUT2D eigenvalue weighted by Crippen LogP contribution is 2.33. The van der Waals surface area contributed by atoms with E-state index >= 15 is 0 Å². The Kier molecular flexibility index (Phi) is 4.77. The minimum Gasteiger partial charge on any atom is -0.383 e. The normalized spacial score (nSPS) is 14.7. The van der Waals surface area contributed by atoms with Gasteiger partial charge in [-0.25, -0.2) is 0 Å². The molecule has 1 aromatic heterocycles. The second kappa shape index (κ2) is 5.61. The lowest BCUT2D eigenvalue weighted by Gasteiger charge is -2.14. The summed E-state index contributed by atoms with van der Waals surface area (Å²) < 4.78 is 74.4. The molecule has 1 heterocycles. The standard InChI is InChI=1S/C9H10F6N2OS/c1-17-7(9(13,14)15)5(2-16-17)3-19-4-6(18)8(10,11)12/h2,6,18H,3-4H2,1H3/t6-/m1/s1. The van der Waals surface area contributed by atoms with Crippen molar-refractivity contribution >= 4 is 11.8 Å². The molecule has 0 fully saturated rings. The minimum atomic E-state index is -4.77. The van der Waals surface area contributed by atoms with Gasteiger partial charge >= 0.3 is 12.4 Å². The first-order valence-electron chi connectivity index (χ1n) is 4.94. The van der Waals surface area contributed by atoms with Crippen molar-refractivity contribution in [1.29, 1.82) is 0 Å². The van der Waals surface area contributed by atoms with Crippen molar-refractivity contribution < 1.29 is 31.4 Å². The maximum absolute atomic E-state index is 12.6. The van der Waals surface area contributed by atoms with E-state index in [9.17, 15) is 26.3 Å². The monoisotopic (exact) mass is 308 g/mol. The number of thioether (sulfide) groups is 1. The largest absolute Gasteiger partial charge is 0.433 e. The zero-order valence-corrected chi connectivity index (χ0v) is 10.4. The quantitative estimate of drug-likeness (QED) is 0.869. The average molecular weight is 308 g/mol. The van der Waals surface area contributed by atoms with Crippen LogP contribution in [0, 0.1) is 0 Å². The zero-order valence-electron chi connectivity index (χ0n) is 9.59. The van der Waals surface area contributed by atoms with E-state index in [1.54, 1.807) is 0 Å². The molecule has 0 spiro atoms. The molecule has 110 valence electrons. The number of aliphatic hydroxyl groups is 1. The van der Waals surface area contributed by atoms with Crippen molar-refractivity contribution in [2.75, 3.05) is 5.75 Å². The molecule has 1 aromatic rings.